The zero-order chi connectivity index (χ0) is 26.3. The lowest BCUT2D eigenvalue weighted by Crippen LogP contribution is -2.35. The van der Waals surface area contributed by atoms with Crippen LogP contribution in [0.3, 0.4) is 0 Å². The number of benzene rings is 2. The Morgan fingerprint density at radius 1 is 1.03 bits per heavy atom. The van der Waals surface area contributed by atoms with Crippen LogP contribution in [-0.2, 0) is 6.18 Å². The van der Waals surface area contributed by atoms with E-state index in [1.807, 2.05) is 0 Å². The van der Waals surface area contributed by atoms with E-state index >= 15 is 0 Å². The zero-order valence-electron chi connectivity index (χ0n) is 18.9. The van der Waals surface area contributed by atoms with E-state index < -0.39 is 48.0 Å². The summed E-state index contributed by atoms with van der Waals surface area (Å²) in [4.78, 5) is 12.6. The van der Waals surface area contributed by atoms with Crippen molar-refractivity contribution in [1.29, 1.82) is 0 Å². The van der Waals surface area contributed by atoms with Crippen molar-refractivity contribution >= 4 is 17.4 Å². The number of hydrogen-bond donors (Lipinski definition) is 2. The SMILES string of the molecule is COc1ccc([C@@H]2C[C@H](C(F)(F)F)n3nc(C(=O)Nc4cccc(C(F)(F)F)c4)cc3N2)cc1OC. The van der Waals surface area contributed by atoms with E-state index in [0.717, 1.165) is 24.3 Å². The standard InChI is InChI=1S/C23H20F6N4O3/c1-35-17-7-6-12(8-18(17)36-2)15-10-19(23(27,28)29)33-20(31-15)11-16(32-33)21(34)30-14-5-3-4-13(9-14)22(24,25)26/h3-9,11,15,19,31H,10H2,1-2H3,(H,30,34)/t15-,19+/m0/s1. The predicted octanol–water partition coefficient (Wildman–Crippen LogP) is 5.83. The quantitative estimate of drug-likeness (QED) is 0.419. The molecule has 1 aromatic heterocycles. The first-order chi connectivity index (χ1) is 16.9. The van der Waals surface area contributed by atoms with Crippen LogP contribution in [0.25, 0.3) is 0 Å². The molecule has 7 nitrogen and oxygen atoms in total. The van der Waals surface area contributed by atoms with Crippen LogP contribution < -0.4 is 20.1 Å². The van der Waals surface area contributed by atoms with Crippen LogP contribution in [0.15, 0.2) is 48.5 Å². The second-order valence-corrected chi connectivity index (χ2v) is 8.00. The monoisotopic (exact) mass is 514 g/mol. The summed E-state index contributed by atoms with van der Waals surface area (Å²) in [6.45, 7) is 0. The van der Waals surface area contributed by atoms with Crippen LogP contribution in [0, 0.1) is 0 Å². The number of carbonyl (C=O) groups excluding carboxylic acids is 1. The molecule has 1 aliphatic rings. The second-order valence-electron chi connectivity index (χ2n) is 8.00. The lowest BCUT2D eigenvalue weighted by molar-refractivity contribution is -0.173. The fourth-order valence-electron chi connectivity index (χ4n) is 3.94. The fourth-order valence-corrected chi connectivity index (χ4v) is 3.94. The van der Waals surface area contributed by atoms with Gasteiger partial charge in [0.2, 0.25) is 0 Å². The molecule has 192 valence electrons. The van der Waals surface area contributed by atoms with Crippen LogP contribution in [0.1, 0.15) is 40.1 Å². The van der Waals surface area contributed by atoms with Gasteiger partial charge in [-0.2, -0.15) is 31.4 Å². The smallest absolute Gasteiger partial charge is 0.416 e. The third-order valence-corrected chi connectivity index (χ3v) is 5.68. The number of rotatable bonds is 5. The molecule has 36 heavy (non-hydrogen) atoms. The molecule has 0 saturated heterocycles. The summed E-state index contributed by atoms with van der Waals surface area (Å²) >= 11 is 0. The van der Waals surface area contributed by atoms with Gasteiger partial charge in [-0.25, -0.2) is 4.68 Å². The van der Waals surface area contributed by atoms with Crippen molar-refractivity contribution in [3.8, 4) is 11.5 Å². The summed E-state index contributed by atoms with van der Waals surface area (Å²) in [5.74, 6) is -0.289. The molecule has 0 radical (unpaired) electrons. The lowest BCUT2D eigenvalue weighted by atomic mass is 9.96. The summed E-state index contributed by atoms with van der Waals surface area (Å²) < 4.78 is 91.7. The number of carbonyl (C=O) groups is 1. The number of fused-ring (bicyclic) bond motifs is 1. The van der Waals surface area contributed by atoms with Gasteiger partial charge in [0.1, 0.15) is 5.82 Å². The Bertz CT molecular complexity index is 1270. The van der Waals surface area contributed by atoms with E-state index in [2.05, 4.69) is 15.7 Å². The van der Waals surface area contributed by atoms with Crippen molar-refractivity contribution in [2.75, 3.05) is 24.9 Å². The number of aromatic nitrogens is 2. The third kappa shape index (κ3) is 5.04. The van der Waals surface area contributed by atoms with Crippen LogP contribution >= 0.6 is 0 Å². The maximum Gasteiger partial charge on any atom is 0.416 e. The van der Waals surface area contributed by atoms with Crippen LogP contribution in [0.5, 0.6) is 11.5 Å². The first-order valence-corrected chi connectivity index (χ1v) is 10.5. The first kappa shape index (κ1) is 25.2. The molecule has 0 spiro atoms. The predicted molar refractivity (Wildman–Crippen MR) is 117 cm³/mol. The number of ether oxygens (including phenoxy) is 2. The van der Waals surface area contributed by atoms with Crippen LogP contribution in [0.2, 0.25) is 0 Å². The normalized spacial score (nSPS) is 17.7. The Kier molecular flexibility index (Phi) is 6.50. The Hall–Kier alpha value is -3.90. The van der Waals surface area contributed by atoms with E-state index in [-0.39, 0.29) is 11.5 Å². The molecular formula is C23H20F6N4O3. The van der Waals surface area contributed by atoms with Gasteiger partial charge in [0, 0.05) is 18.2 Å². The van der Waals surface area contributed by atoms with Crippen molar-refractivity contribution in [1.82, 2.24) is 9.78 Å². The molecule has 13 heteroatoms. The molecule has 2 heterocycles. The van der Waals surface area contributed by atoms with Gasteiger partial charge in [-0.05, 0) is 35.9 Å². The number of anilines is 2. The molecule has 2 aromatic carbocycles. The summed E-state index contributed by atoms with van der Waals surface area (Å²) in [5, 5.41) is 9.01. The van der Waals surface area contributed by atoms with Crippen molar-refractivity contribution in [2.24, 2.45) is 0 Å². The number of amides is 1. The van der Waals surface area contributed by atoms with Gasteiger partial charge in [0.05, 0.1) is 25.8 Å². The summed E-state index contributed by atoms with van der Waals surface area (Å²) in [6.07, 6.45) is -9.74. The Balaban J connectivity index is 1.63. The van der Waals surface area contributed by atoms with Gasteiger partial charge in [-0.1, -0.05) is 12.1 Å². The Labute approximate surface area is 201 Å². The minimum atomic E-state index is -4.69. The van der Waals surface area contributed by atoms with E-state index in [0.29, 0.717) is 21.7 Å². The average Bonchev–Trinajstić information content (AvgIpc) is 3.26. The molecule has 0 fully saturated rings. The molecule has 0 saturated carbocycles. The zero-order valence-corrected chi connectivity index (χ0v) is 18.9. The van der Waals surface area contributed by atoms with Gasteiger partial charge >= 0.3 is 12.4 Å². The van der Waals surface area contributed by atoms with Crippen molar-refractivity contribution in [3.05, 3.63) is 65.4 Å². The first-order valence-electron chi connectivity index (χ1n) is 10.5. The molecule has 2 N–H and O–H groups in total. The second kappa shape index (κ2) is 9.28. The van der Waals surface area contributed by atoms with Crippen molar-refractivity contribution in [2.45, 2.75) is 30.9 Å². The molecule has 0 aliphatic carbocycles. The van der Waals surface area contributed by atoms with Crippen molar-refractivity contribution < 1.29 is 40.6 Å². The third-order valence-electron chi connectivity index (χ3n) is 5.68. The van der Waals surface area contributed by atoms with Gasteiger partial charge in [0.15, 0.2) is 23.2 Å². The fraction of sp³-hybridized carbons (Fsp3) is 0.304. The van der Waals surface area contributed by atoms with E-state index in [9.17, 15) is 31.1 Å². The maximum absolute atomic E-state index is 13.9. The van der Waals surface area contributed by atoms with Crippen molar-refractivity contribution in [3.63, 3.8) is 0 Å². The van der Waals surface area contributed by atoms with Crippen LogP contribution in [0.4, 0.5) is 37.8 Å². The highest BCUT2D eigenvalue weighted by Gasteiger charge is 2.47. The average molecular weight is 514 g/mol. The summed E-state index contributed by atoms with van der Waals surface area (Å²) in [5.41, 5.74) is -1.06. The van der Waals surface area contributed by atoms with E-state index in [1.165, 1.54) is 20.3 Å². The Morgan fingerprint density at radius 2 is 1.75 bits per heavy atom. The molecule has 1 amide bonds. The maximum atomic E-state index is 13.9. The Morgan fingerprint density at radius 3 is 2.39 bits per heavy atom. The number of nitrogens with one attached hydrogen (secondary N) is 2. The molecule has 0 unspecified atom stereocenters. The lowest BCUT2D eigenvalue weighted by Gasteiger charge is -2.33. The van der Waals surface area contributed by atoms with Crippen LogP contribution in [-0.4, -0.2) is 36.1 Å². The highest BCUT2D eigenvalue weighted by Crippen LogP contribution is 2.44. The van der Waals surface area contributed by atoms with Gasteiger partial charge in [0.25, 0.3) is 5.91 Å². The van der Waals surface area contributed by atoms with Gasteiger partial charge < -0.3 is 20.1 Å². The summed E-state index contributed by atoms with van der Waals surface area (Å²) in [7, 11) is 2.83. The molecule has 1 aliphatic heterocycles. The summed E-state index contributed by atoms with van der Waals surface area (Å²) in [6, 6.07) is 6.86. The van der Waals surface area contributed by atoms with E-state index in [1.54, 1.807) is 18.2 Å². The molecule has 4 rings (SSSR count). The molecular weight excluding hydrogens is 494 g/mol. The number of nitrogens with zero attached hydrogens (tertiary/aromatic N) is 2. The number of halogens is 6. The highest BCUT2D eigenvalue weighted by molar-refractivity contribution is 6.03. The van der Waals surface area contributed by atoms with Gasteiger partial charge in [-0.3, -0.25) is 4.79 Å². The number of hydrogen-bond acceptors (Lipinski definition) is 5. The number of alkyl halides is 6. The van der Waals surface area contributed by atoms with Gasteiger partial charge in [-0.15, -0.1) is 0 Å². The molecule has 0 bridgehead atoms. The minimum Gasteiger partial charge on any atom is -0.493 e. The minimum absolute atomic E-state index is 0.0717. The molecule has 3 aromatic rings. The largest absolute Gasteiger partial charge is 0.493 e. The highest BCUT2D eigenvalue weighted by atomic mass is 19.4. The van der Waals surface area contributed by atoms with E-state index in [4.69, 9.17) is 9.47 Å². The topological polar surface area (TPSA) is 77.4 Å². The number of methoxy groups -OCH3 is 2. The molecule has 2 atom stereocenters.